The lowest BCUT2D eigenvalue weighted by atomic mass is 10.2. The molecule has 1 saturated carbocycles. The molecule has 142 valence electrons. The van der Waals surface area contributed by atoms with Gasteiger partial charge >= 0.3 is 5.97 Å². The summed E-state index contributed by atoms with van der Waals surface area (Å²) in [6, 6.07) is 6.73. The Morgan fingerprint density at radius 3 is 2.46 bits per heavy atom. The van der Waals surface area contributed by atoms with Crippen LogP contribution in [0.1, 0.15) is 43.0 Å². The van der Waals surface area contributed by atoms with Crippen molar-refractivity contribution >= 4 is 17.8 Å². The van der Waals surface area contributed by atoms with Crippen molar-refractivity contribution in [3.05, 3.63) is 29.8 Å². The fourth-order valence-electron chi connectivity index (χ4n) is 2.08. The van der Waals surface area contributed by atoms with E-state index in [2.05, 4.69) is 17.6 Å². The first kappa shape index (κ1) is 19.8. The van der Waals surface area contributed by atoms with Gasteiger partial charge in [0.15, 0.2) is 0 Å². The van der Waals surface area contributed by atoms with Gasteiger partial charge < -0.3 is 20.1 Å². The summed E-state index contributed by atoms with van der Waals surface area (Å²) in [5.41, 5.74) is 0.435. The molecular formula is C19H26N2O5. The molecule has 1 aromatic carbocycles. The van der Waals surface area contributed by atoms with Gasteiger partial charge in [0.25, 0.3) is 5.91 Å². The lowest BCUT2D eigenvalue weighted by Crippen LogP contribution is -2.39. The lowest BCUT2D eigenvalue weighted by Gasteiger charge is -2.08. The van der Waals surface area contributed by atoms with Gasteiger partial charge in [0.05, 0.1) is 19.8 Å². The molecule has 2 amide bonds. The first-order valence-corrected chi connectivity index (χ1v) is 9.02. The van der Waals surface area contributed by atoms with Crippen LogP contribution in [0.3, 0.4) is 0 Å². The number of hydrogen-bond donors (Lipinski definition) is 2. The van der Waals surface area contributed by atoms with Crippen LogP contribution in [0, 0.1) is 5.92 Å². The van der Waals surface area contributed by atoms with E-state index in [1.165, 1.54) is 0 Å². The number of carbonyl (C=O) groups is 3. The van der Waals surface area contributed by atoms with Gasteiger partial charge in [-0.2, -0.15) is 0 Å². The molecule has 0 heterocycles. The summed E-state index contributed by atoms with van der Waals surface area (Å²) in [5.74, 6) is -0.0807. The molecule has 2 N–H and O–H groups in total. The van der Waals surface area contributed by atoms with Gasteiger partial charge in [-0.3, -0.25) is 14.4 Å². The van der Waals surface area contributed by atoms with Gasteiger partial charge in [-0.1, -0.05) is 13.3 Å². The van der Waals surface area contributed by atoms with Crippen LogP contribution >= 0.6 is 0 Å². The predicted octanol–water partition coefficient (Wildman–Crippen LogP) is 1.66. The highest BCUT2D eigenvalue weighted by Crippen LogP contribution is 2.28. The average molecular weight is 362 g/mol. The number of hydrogen-bond acceptors (Lipinski definition) is 5. The Morgan fingerprint density at radius 2 is 1.81 bits per heavy atom. The molecule has 26 heavy (non-hydrogen) atoms. The van der Waals surface area contributed by atoms with E-state index in [1.54, 1.807) is 24.3 Å². The van der Waals surface area contributed by atoms with Gasteiger partial charge in [-0.15, -0.1) is 0 Å². The summed E-state index contributed by atoms with van der Waals surface area (Å²) in [7, 11) is 0. The van der Waals surface area contributed by atoms with Crippen LogP contribution in [0.25, 0.3) is 0 Å². The molecule has 0 atom stereocenters. The van der Waals surface area contributed by atoms with Crippen molar-refractivity contribution in [2.75, 3.05) is 26.3 Å². The van der Waals surface area contributed by atoms with Gasteiger partial charge in [0, 0.05) is 5.56 Å². The molecule has 0 radical (unpaired) electrons. The average Bonchev–Trinajstić information content (AvgIpc) is 3.48. The quantitative estimate of drug-likeness (QED) is 0.461. The summed E-state index contributed by atoms with van der Waals surface area (Å²) >= 11 is 0. The number of carbonyl (C=O) groups excluding carboxylic acids is 3. The van der Waals surface area contributed by atoms with Crippen LogP contribution in [-0.4, -0.2) is 44.1 Å². The third kappa shape index (κ3) is 7.55. The number of esters is 1. The van der Waals surface area contributed by atoms with E-state index in [1.807, 2.05) is 0 Å². The van der Waals surface area contributed by atoms with Crippen LogP contribution in [0.4, 0.5) is 0 Å². The Labute approximate surface area is 153 Å². The van der Waals surface area contributed by atoms with E-state index in [0.717, 1.165) is 25.7 Å². The molecule has 7 heteroatoms. The Morgan fingerprint density at radius 1 is 1.08 bits per heavy atom. The zero-order valence-electron chi connectivity index (χ0n) is 15.1. The maximum Gasteiger partial charge on any atom is 0.325 e. The lowest BCUT2D eigenvalue weighted by molar-refractivity contribution is -0.144. The number of rotatable bonds is 11. The minimum atomic E-state index is -0.463. The van der Waals surface area contributed by atoms with Crippen molar-refractivity contribution in [2.45, 2.75) is 32.6 Å². The molecule has 1 aliphatic carbocycles. The zero-order valence-corrected chi connectivity index (χ0v) is 15.1. The number of benzene rings is 1. The van der Waals surface area contributed by atoms with Crippen molar-refractivity contribution in [3.8, 4) is 5.75 Å². The van der Waals surface area contributed by atoms with Crippen molar-refractivity contribution in [1.82, 2.24) is 10.6 Å². The van der Waals surface area contributed by atoms with Crippen LogP contribution in [0.15, 0.2) is 24.3 Å². The number of unbranched alkanes of at least 4 members (excludes halogenated alkanes) is 1. The van der Waals surface area contributed by atoms with E-state index in [0.29, 0.717) is 30.4 Å². The summed E-state index contributed by atoms with van der Waals surface area (Å²) in [6.45, 7) is 2.76. The van der Waals surface area contributed by atoms with E-state index < -0.39 is 11.9 Å². The highest BCUT2D eigenvalue weighted by molar-refractivity contribution is 5.96. The molecule has 0 aliphatic heterocycles. The van der Waals surface area contributed by atoms with Crippen LogP contribution < -0.4 is 15.4 Å². The highest BCUT2D eigenvalue weighted by atomic mass is 16.5. The number of nitrogens with one attached hydrogen (secondary N) is 2. The summed E-state index contributed by atoms with van der Waals surface area (Å²) in [4.78, 5) is 35.1. The van der Waals surface area contributed by atoms with E-state index in [-0.39, 0.29) is 19.0 Å². The Kier molecular flexibility index (Phi) is 7.92. The van der Waals surface area contributed by atoms with Crippen molar-refractivity contribution in [1.29, 1.82) is 0 Å². The molecule has 0 aromatic heterocycles. The normalized spacial score (nSPS) is 13.0. The van der Waals surface area contributed by atoms with Gasteiger partial charge in [0.2, 0.25) is 5.91 Å². The Balaban J connectivity index is 1.63. The van der Waals surface area contributed by atoms with Gasteiger partial charge in [0.1, 0.15) is 12.3 Å². The topological polar surface area (TPSA) is 93.7 Å². The minimum Gasteiger partial charge on any atom is -0.494 e. The van der Waals surface area contributed by atoms with Gasteiger partial charge in [-0.05, 0) is 49.4 Å². The summed E-state index contributed by atoms with van der Waals surface area (Å²) < 4.78 is 10.5. The first-order chi connectivity index (χ1) is 12.6. The largest absolute Gasteiger partial charge is 0.494 e. The molecule has 2 rings (SSSR count). The van der Waals surface area contributed by atoms with E-state index >= 15 is 0 Å². The minimum absolute atomic E-state index is 0.189. The second-order valence-electron chi connectivity index (χ2n) is 6.31. The molecule has 0 spiro atoms. The molecular weight excluding hydrogens is 336 g/mol. The Hall–Kier alpha value is -2.57. The Bertz CT molecular complexity index is 611. The van der Waals surface area contributed by atoms with Crippen molar-refractivity contribution < 1.29 is 23.9 Å². The van der Waals surface area contributed by atoms with Crippen molar-refractivity contribution in [3.63, 3.8) is 0 Å². The fourth-order valence-corrected chi connectivity index (χ4v) is 2.08. The predicted molar refractivity (Wildman–Crippen MR) is 95.9 cm³/mol. The first-order valence-electron chi connectivity index (χ1n) is 9.02. The zero-order chi connectivity index (χ0) is 18.8. The SMILES string of the molecule is CCCCOc1ccc(C(=O)NCC(=O)NCC(=O)OCC2CC2)cc1. The summed E-state index contributed by atoms with van der Waals surface area (Å²) in [5, 5.41) is 4.93. The van der Waals surface area contributed by atoms with E-state index in [9.17, 15) is 14.4 Å². The third-order valence-electron chi connectivity index (χ3n) is 3.90. The molecule has 1 aromatic rings. The fraction of sp³-hybridized carbons (Fsp3) is 0.526. The molecule has 1 fully saturated rings. The van der Waals surface area contributed by atoms with Crippen LogP contribution in [-0.2, 0) is 14.3 Å². The third-order valence-corrected chi connectivity index (χ3v) is 3.90. The monoisotopic (exact) mass is 362 g/mol. The standard InChI is InChI=1S/C19H26N2O5/c1-2-3-10-25-16-8-6-15(7-9-16)19(24)21-11-17(22)20-12-18(23)26-13-14-4-5-14/h6-9,14H,2-5,10-13H2,1H3,(H,20,22)(H,21,24). The maximum atomic E-state index is 12.0. The molecule has 1 aliphatic rings. The summed E-state index contributed by atoms with van der Waals surface area (Å²) in [6.07, 6.45) is 4.22. The molecule has 0 unspecified atom stereocenters. The maximum absolute atomic E-state index is 12.0. The van der Waals surface area contributed by atoms with E-state index in [4.69, 9.17) is 9.47 Å². The highest BCUT2D eigenvalue weighted by Gasteiger charge is 2.23. The molecule has 0 bridgehead atoms. The van der Waals surface area contributed by atoms with Gasteiger partial charge in [-0.25, -0.2) is 0 Å². The number of amides is 2. The van der Waals surface area contributed by atoms with Crippen molar-refractivity contribution in [2.24, 2.45) is 5.92 Å². The van der Waals surface area contributed by atoms with Crippen LogP contribution in [0.5, 0.6) is 5.75 Å². The second kappa shape index (κ2) is 10.4. The van der Waals surface area contributed by atoms with Crippen LogP contribution in [0.2, 0.25) is 0 Å². The second-order valence-corrected chi connectivity index (χ2v) is 6.31. The molecule has 7 nitrogen and oxygen atoms in total. The molecule has 0 saturated heterocycles. The number of ether oxygens (including phenoxy) is 2. The smallest absolute Gasteiger partial charge is 0.325 e.